The van der Waals surface area contributed by atoms with E-state index in [1.165, 1.54) is 16.7 Å². The van der Waals surface area contributed by atoms with E-state index >= 15 is 0 Å². The second-order valence-electron chi connectivity index (χ2n) is 5.58. The Balaban J connectivity index is 2.22. The van der Waals surface area contributed by atoms with Crippen molar-refractivity contribution in [3.8, 4) is 5.75 Å². The van der Waals surface area contributed by atoms with Crippen LogP contribution in [-0.2, 0) is 19.5 Å². The van der Waals surface area contributed by atoms with Crippen molar-refractivity contribution in [1.29, 1.82) is 0 Å². The van der Waals surface area contributed by atoms with E-state index in [0.717, 1.165) is 38.2 Å². The van der Waals surface area contributed by atoms with E-state index in [4.69, 9.17) is 4.74 Å². The van der Waals surface area contributed by atoms with Gasteiger partial charge in [0.1, 0.15) is 5.75 Å². The molecule has 0 aliphatic carbocycles. The Morgan fingerprint density at radius 2 is 2.16 bits per heavy atom. The second-order valence-corrected chi connectivity index (χ2v) is 5.58. The predicted molar refractivity (Wildman–Crippen MR) is 79.6 cm³/mol. The van der Waals surface area contributed by atoms with Gasteiger partial charge in [-0.2, -0.15) is 0 Å². The topological polar surface area (TPSA) is 24.5 Å². The fourth-order valence-electron chi connectivity index (χ4n) is 2.68. The summed E-state index contributed by atoms with van der Waals surface area (Å²) in [4.78, 5) is 2.40. The maximum absolute atomic E-state index is 5.55. The van der Waals surface area contributed by atoms with E-state index < -0.39 is 0 Å². The summed E-state index contributed by atoms with van der Waals surface area (Å²) >= 11 is 0. The molecule has 1 aliphatic heterocycles. The van der Waals surface area contributed by atoms with Gasteiger partial charge in [0, 0.05) is 24.7 Å². The van der Waals surface area contributed by atoms with Crippen molar-refractivity contribution in [2.45, 2.75) is 45.8 Å². The van der Waals surface area contributed by atoms with Crippen molar-refractivity contribution in [1.82, 2.24) is 10.2 Å². The molecular weight excluding hydrogens is 236 g/mol. The quantitative estimate of drug-likeness (QED) is 0.825. The molecule has 0 aromatic heterocycles. The number of ether oxygens (including phenoxy) is 1. The molecule has 3 nitrogen and oxygen atoms in total. The fourth-order valence-corrected chi connectivity index (χ4v) is 2.68. The number of methoxy groups -OCH3 is 1. The molecule has 1 aliphatic rings. The number of likely N-dealkylation sites (N-methyl/N-ethyl adjacent to an activating group) is 1. The van der Waals surface area contributed by atoms with Crippen LogP contribution in [-0.4, -0.2) is 31.6 Å². The van der Waals surface area contributed by atoms with Crippen LogP contribution in [0.25, 0.3) is 0 Å². The second kappa shape index (κ2) is 6.40. The number of benzene rings is 1. The van der Waals surface area contributed by atoms with E-state index in [1.807, 2.05) is 0 Å². The van der Waals surface area contributed by atoms with Crippen LogP contribution >= 0.6 is 0 Å². The summed E-state index contributed by atoms with van der Waals surface area (Å²) in [6.07, 6.45) is 2.30. The molecule has 1 N–H and O–H groups in total. The van der Waals surface area contributed by atoms with E-state index in [9.17, 15) is 0 Å². The van der Waals surface area contributed by atoms with Crippen LogP contribution in [0.4, 0.5) is 0 Å². The average molecular weight is 262 g/mol. The lowest BCUT2D eigenvalue weighted by atomic mass is 9.93. The summed E-state index contributed by atoms with van der Waals surface area (Å²) in [7, 11) is 3.96. The molecule has 1 heterocycles. The third kappa shape index (κ3) is 3.28. The maximum Gasteiger partial charge on any atom is 0.123 e. The Morgan fingerprint density at radius 3 is 2.84 bits per heavy atom. The van der Waals surface area contributed by atoms with Crippen molar-refractivity contribution in [2.24, 2.45) is 0 Å². The monoisotopic (exact) mass is 262 g/mol. The Hall–Kier alpha value is -1.06. The van der Waals surface area contributed by atoms with Gasteiger partial charge in [0.25, 0.3) is 0 Å². The highest BCUT2D eigenvalue weighted by Crippen LogP contribution is 2.29. The van der Waals surface area contributed by atoms with Crippen LogP contribution in [0.2, 0.25) is 0 Å². The number of nitrogens with zero attached hydrogens (tertiary/aromatic N) is 1. The largest absolute Gasteiger partial charge is 0.496 e. The third-order valence-corrected chi connectivity index (χ3v) is 4.03. The smallest absolute Gasteiger partial charge is 0.123 e. The minimum absolute atomic E-state index is 0.623. The fraction of sp³-hybridized carbons (Fsp3) is 0.625. The Labute approximate surface area is 116 Å². The molecule has 0 saturated carbocycles. The van der Waals surface area contributed by atoms with Gasteiger partial charge in [-0.1, -0.05) is 13.0 Å². The van der Waals surface area contributed by atoms with Gasteiger partial charge in [0.2, 0.25) is 0 Å². The molecule has 0 saturated heterocycles. The molecule has 19 heavy (non-hydrogen) atoms. The van der Waals surface area contributed by atoms with Crippen LogP contribution < -0.4 is 10.1 Å². The molecule has 0 bridgehead atoms. The van der Waals surface area contributed by atoms with Crippen molar-refractivity contribution in [3.63, 3.8) is 0 Å². The van der Waals surface area contributed by atoms with Crippen LogP contribution in [0.5, 0.6) is 5.75 Å². The molecule has 1 atom stereocenters. The van der Waals surface area contributed by atoms with Gasteiger partial charge in [0.15, 0.2) is 0 Å². The number of fused-ring (bicyclic) bond motifs is 1. The molecular formula is C16H26N2O. The third-order valence-electron chi connectivity index (χ3n) is 4.03. The zero-order valence-corrected chi connectivity index (χ0v) is 12.6. The number of hydrogen-bond donors (Lipinski definition) is 1. The van der Waals surface area contributed by atoms with Gasteiger partial charge in [-0.25, -0.2) is 0 Å². The zero-order chi connectivity index (χ0) is 13.8. The molecule has 1 unspecified atom stereocenters. The predicted octanol–water partition coefficient (Wildman–Crippen LogP) is 2.57. The van der Waals surface area contributed by atoms with Gasteiger partial charge in [0.05, 0.1) is 7.11 Å². The van der Waals surface area contributed by atoms with Crippen LogP contribution in [0.1, 0.15) is 37.0 Å². The van der Waals surface area contributed by atoms with Gasteiger partial charge in [-0.3, -0.25) is 4.90 Å². The number of rotatable bonds is 5. The van der Waals surface area contributed by atoms with Crippen molar-refractivity contribution < 1.29 is 4.74 Å². The van der Waals surface area contributed by atoms with Gasteiger partial charge in [-0.15, -0.1) is 0 Å². The van der Waals surface area contributed by atoms with E-state index in [2.05, 4.69) is 43.2 Å². The van der Waals surface area contributed by atoms with E-state index in [1.54, 1.807) is 7.11 Å². The van der Waals surface area contributed by atoms with Gasteiger partial charge >= 0.3 is 0 Å². The minimum Gasteiger partial charge on any atom is -0.496 e. The highest BCUT2D eigenvalue weighted by Gasteiger charge is 2.21. The summed E-state index contributed by atoms with van der Waals surface area (Å²) in [5.74, 6) is 1.02. The summed E-state index contributed by atoms with van der Waals surface area (Å²) in [5.41, 5.74) is 4.18. The molecule has 1 aromatic carbocycles. The molecule has 3 heteroatoms. The summed E-state index contributed by atoms with van der Waals surface area (Å²) in [6.45, 7) is 7.46. The SMILES string of the molecule is CCCNCc1cc2c(cc1OC)CN(C)C(C)C2. The van der Waals surface area contributed by atoms with Gasteiger partial charge < -0.3 is 10.1 Å². The van der Waals surface area contributed by atoms with Crippen molar-refractivity contribution in [3.05, 3.63) is 28.8 Å². The maximum atomic E-state index is 5.55. The van der Waals surface area contributed by atoms with Crippen molar-refractivity contribution >= 4 is 0 Å². The molecule has 0 amide bonds. The first-order valence-electron chi connectivity index (χ1n) is 7.25. The van der Waals surface area contributed by atoms with E-state index in [0.29, 0.717) is 6.04 Å². The number of hydrogen-bond acceptors (Lipinski definition) is 3. The Morgan fingerprint density at radius 1 is 1.37 bits per heavy atom. The summed E-state index contributed by atoms with van der Waals surface area (Å²) < 4.78 is 5.55. The van der Waals surface area contributed by atoms with Crippen molar-refractivity contribution in [2.75, 3.05) is 20.7 Å². The highest BCUT2D eigenvalue weighted by molar-refractivity contribution is 5.44. The summed E-state index contributed by atoms with van der Waals surface area (Å²) in [5, 5.41) is 3.46. The first kappa shape index (κ1) is 14.4. The van der Waals surface area contributed by atoms with Gasteiger partial charge in [-0.05, 0) is 50.6 Å². The molecule has 1 aromatic rings. The summed E-state index contributed by atoms with van der Waals surface area (Å²) in [6, 6.07) is 5.18. The zero-order valence-electron chi connectivity index (χ0n) is 12.6. The Kier molecular flexibility index (Phi) is 4.83. The van der Waals surface area contributed by atoms with Crippen LogP contribution in [0, 0.1) is 0 Å². The average Bonchev–Trinajstić information content (AvgIpc) is 2.40. The van der Waals surface area contributed by atoms with Crippen LogP contribution in [0.3, 0.4) is 0 Å². The van der Waals surface area contributed by atoms with E-state index in [-0.39, 0.29) is 0 Å². The normalized spacial score (nSPS) is 19.3. The molecule has 0 spiro atoms. The lowest BCUT2D eigenvalue weighted by Crippen LogP contribution is -2.35. The number of nitrogens with one attached hydrogen (secondary N) is 1. The molecule has 0 radical (unpaired) electrons. The molecule has 106 valence electrons. The minimum atomic E-state index is 0.623. The molecule has 0 fully saturated rings. The standard InChI is InChI=1S/C16H26N2O/c1-5-6-17-10-14-8-13-7-12(2)18(3)11-15(13)9-16(14)19-4/h8-9,12,17H,5-7,10-11H2,1-4H3. The molecule has 2 rings (SSSR count). The first-order valence-corrected chi connectivity index (χ1v) is 7.25. The lowest BCUT2D eigenvalue weighted by molar-refractivity contribution is 0.230. The Bertz CT molecular complexity index is 431. The first-order chi connectivity index (χ1) is 9.15. The highest BCUT2D eigenvalue weighted by atomic mass is 16.5. The van der Waals surface area contributed by atoms with Crippen LogP contribution in [0.15, 0.2) is 12.1 Å². The lowest BCUT2D eigenvalue weighted by Gasteiger charge is -2.32.